The first-order valence-electron chi connectivity index (χ1n) is 13.6. The Labute approximate surface area is 218 Å². The molecule has 3 heterocycles. The number of carbonyl (C=O) groups is 1. The number of amides is 2. The third kappa shape index (κ3) is 4.35. The number of carbonyl (C=O) groups excluding carboxylic acids is 1. The summed E-state index contributed by atoms with van der Waals surface area (Å²) in [4.78, 5) is 16.1. The van der Waals surface area contributed by atoms with Crippen molar-refractivity contribution in [3.8, 4) is 11.5 Å². The molecule has 1 atom stereocenters. The average Bonchev–Trinajstić information content (AvgIpc) is 3.50. The predicted octanol–water partition coefficient (Wildman–Crippen LogP) is 6.48. The van der Waals surface area contributed by atoms with Gasteiger partial charge in [-0.25, -0.2) is 9.48 Å². The van der Waals surface area contributed by atoms with Crippen molar-refractivity contribution in [1.82, 2.24) is 24.6 Å². The summed E-state index contributed by atoms with van der Waals surface area (Å²) in [5, 5.41) is 8.35. The minimum atomic E-state index is -0.208. The van der Waals surface area contributed by atoms with Gasteiger partial charge in [-0.05, 0) is 61.6 Å². The van der Waals surface area contributed by atoms with Crippen LogP contribution in [0.5, 0.6) is 0 Å². The minimum Gasteiger partial charge on any atom is -0.335 e. The lowest BCUT2D eigenvalue weighted by atomic mass is 9.95. The summed E-state index contributed by atoms with van der Waals surface area (Å²) in [7, 11) is 0. The molecule has 0 saturated heterocycles. The van der Waals surface area contributed by atoms with E-state index in [1.165, 1.54) is 24.8 Å². The molecule has 6 rings (SSSR count). The third-order valence-electron chi connectivity index (χ3n) is 7.98. The highest BCUT2D eigenvalue weighted by Gasteiger charge is 2.36. The van der Waals surface area contributed by atoms with Gasteiger partial charge in [0.1, 0.15) is 5.82 Å². The Morgan fingerprint density at radius 1 is 0.973 bits per heavy atom. The minimum absolute atomic E-state index is 0.00364. The number of aryl methyl sites for hydroxylation is 2. The van der Waals surface area contributed by atoms with Crippen LogP contribution in [0.1, 0.15) is 73.1 Å². The van der Waals surface area contributed by atoms with Crippen molar-refractivity contribution in [3.63, 3.8) is 0 Å². The Morgan fingerprint density at radius 2 is 1.73 bits per heavy atom. The Bertz CT molecular complexity index is 1380. The highest BCUT2D eigenvalue weighted by Crippen LogP contribution is 2.38. The van der Waals surface area contributed by atoms with Crippen molar-refractivity contribution in [2.75, 3.05) is 0 Å². The molecule has 1 aliphatic heterocycles. The monoisotopic (exact) mass is 493 g/mol. The molecule has 190 valence electrons. The van der Waals surface area contributed by atoms with Crippen LogP contribution in [0.4, 0.5) is 4.79 Å². The third-order valence-corrected chi connectivity index (χ3v) is 7.98. The van der Waals surface area contributed by atoms with Gasteiger partial charge in [-0.2, -0.15) is 5.10 Å². The molecule has 2 aromatic heterocycles. The summed E-state index contributed by atoms with van der Waals surface area (Å²) in [6, 6.07) is 23.3. The Balaban J connectivity index is 1.50. The normalized spacial score (nSPS) is 17.7. The molecule has 1 unspecified atom stereocenters. The van der Waals surface area contributed by atoms with E-state index in [9.17, 15) is 4.79 Å². The van der Waals surface area contributed by atoms with Gasteiger partial charge < -0.3 is 14.8 Å². The molecule has 1 fully saturated rings. The predicted molar refractivity (Wildman–Crippen MR) is 146 cm³/mol. The lowest BCUT2D eigenvalue weighted by Gasteiger charge is -2.33. The molecule has 0 bridgehead atoms. The standard InChI is InChI=1S/C31H35N5O/c1-3-23-16-18-24(19-17-23)29-28-15-10-20-34(28)30-27(22(2)33-36(30)26-13-8-5-9-14-26)21-35(29)31(37)32-25-11-6-4-7-12-25/h5,8-10,13-20,25,29H,3-4,6-7,11-12,21H2,1-2H3,(H,32,37). The van der Waals surface area contributed by atoms with E-state index in [4.69, 9.17) is 5.10 Å². The zero-order valence-electron chi connectivity index (χ0n) is 21.7. The lowest BCUT2D eigenvalue weighted by molar-refractivity contribution is 0.173. The van der Waals surface area contributed by atoms with Gasteiger partial charge in [0.25, 0.3) is 0 Å². The molecular formula is C31H35N5O. The first kappa shape index (κ1) is 23.6. The van der Waals surface area contributed by atoms with Gasteiger partial charge in [0.2, 0.25) is 0 Å². The zero-order valence-corrected chi connectivity index (χ0v) is 21.7. The van der Waals surface area contributed by atoms with Crippen molar-refractivity contribution in [3.05, 3.63) is 101 Å². The summed E-state index contributed by atoms with van der Waals surface area (Å²) in [6.45, 7) is 4.72. The molecule has 2 aromatic carbocycles. The van der Waals surface area contributed by atoms with E-state index in [1.807, 2.05) is 27.8 Å². The number of nitrogens with zero attached hydrogens (tertiary/aromatic N) is 4. The smallest absolute Gasteiger partial charge is 0.318 e. The van der Waals surface area contributed by atoms with E-state index in [0.717, 1.165) is 53.3 Å². The number of hydrogen-bond acceptors (Lipinski definition) is 2. The molecule has 6 nitrogen and oxygen atoms in total. The summed E-state index contributed by atoms with van der Waals surface area (Å²) in [5.74, 6) is 1.01. The summed E-state index contributed by atoms with van der Waals surface area (Å²) >= 11 is 0. The molecule has 0 radical (unpaired) electrons. The van der Waals surface area contributed by atoms with Gasteiger partial charge in [0, 0.05) is 17.8 Å². The molecule has 0 spiro atoms. The molecular weight excluding hydrogens is 458 g/mol. The number of urea groups is 1. The number of aromatic nitrogens is 3. The fourth-order valence-corrected chi connectivity index (χ4v) is 5.94. The topological polar surface area (TPSA) is 55.1 Å². The number of fused-ring (bicyclic) bond motifs is 3. The van der Waals surface area contributed by atoms with E-state index < -0.39 is 0 Å². The van der Waals surface area contributed by atoms with Crippen LogP contribution in [-0.2, 0) is 13.0 Å². The van der Waals surface area contributed by atoms with Crippen LogP contribution in [0.2, 0.25) is 0 Å². The second-order valence-corrected chi connectivity index (χ2v) is 10.3. The number of para-hydroxylation sites is 1. The molecule has 1 N–H and O–H groups in total. The quantitative estimate of drug-likeness (QED) is 0.354. The van der Waals surface area contributed by atoms with Crippen molar-refractivity contribution in [2.24, 2.45) is 0 Å². The van der Waals surface area contributed by atoms with Crippen LogP contribution in [0, 0.1) is 6.92 Å². The lowest BCUT2D eigenvalue weighted by Crippen LogP contribution is -2.46. The van der Waals surface area contributed by atoms with E-state index >= 15 is 0 Å². The number of hydrogen-bond donors (Lipinski definition) is 1. The zero-order chi connectivity index (χ0) is 25.4. The van der Waals surface area contributed by atoms with Crippen molar-refractivity contribution >= 4 is 6.03 Å². The molecule has 2 aliphatic rings. The number of rotatable bonds is 4. The van der Waals surface area contributed by atoms with Crippen LogP contribution in [0.15, 0.2) is 72.9 Å². The first-order chi connectivity index (χ1) is 18.1. The van der Waals surface area contributed by atoms with Gasteiger partial charge in [-0.1, -0.05) is 68.7 Å². The van der Waals surface area contributed by atoms with Crippen molar-refractivity contribution in [2.45, 2.75) is 71.0 Å². The van der Waals surface area contributed by atoms with Crippen LogP contribution in [-0.4, -0.2) is 31.3 Å². The first-order valence-corrected chi connectivity index (χ1v) is 13.6. The van der Waals surface area contributed by atoms with Crippen molar-refractivity contribution in [1.29, 1.82) is 0 Å². The average molecular weight is 494 g/mol. The van der Waals surface area contributed by atoms with Gasteiger partial charge >= 0.3 is 6.03 Å². The second kappa shape index (κ2) is 9.92. The second-order valence-electron chi connectivity index (χ2n) is 10.3. The Hall–Kier alpha value is -3.80. The Kier molecular flexibility index (Phi) is 6.33. The number of nitrogens with one attached hydrogen (secondary N) is 1. The highest BCUT2D eigenvalue weighted by molar-refractivity contribution is 5.76. The fourth-order valence-electron chi connectivity index (χ4n) is 5.94. The maximum absolute atomic E-state index is 14.0. The summed E-state index contributed by atoms with van der Waals surface area (Å²) < 4.78 is 4.25. The van der Waals surface area contributed by atoms with Gasteiger partial charge in [-0.15, -0.1) is 0 Å². The molecule has 1 saturated carbocycles. The maximum atomic E-state index is 14.0. The molecule has 2 amide bonds. The molecule has 1 aliphatic carbocycles. The SMILES string of the molecule is CCc1ccc(C2c3cccn3-c3c(c(C)nn3-c3ccccc3)CN2C(=O)NC2CCCCC2)cc1. The van der Waals surface area contributed by atoms with Gasteiger partial charge in [0.05, 0.1) is 29.7 Å². The maximum Gasteiger partial charge on any atom is 0.318 e. The summed E-state index contributed by atoms with van der Waals surface area (Å²) in [6.07, 6.45) is 8.84. The Morgan fingerprint density at radius 3 is 2.46 bits per heavy atom. The largest absolute Gasteiger partial charge is 0.335 e. The van der Waals surface area contributed by atoms with Gasteiger partial charge in [-0.3, -0.25) is 0 Å². The van der Waals surface area contributed by atoms with Gasteiger partial charge in [0.15, 0.2) is 0 Å². The van der Waals surface area contributed by atoms with Crippen LogP contribution < -0.4 is 5.32 Å². The van der Waals surface area contributed by atoms with Crippen LogP contribution in [0.3, 0.4) is 0 Å². The fraction of sp³-hybridized carbons (Fsp3) is 0.355. The van der Waals surface area contributed by atoms with E-state index in [0.29, 0.717) is 6.54 Å². The van der Waals surface area contributed by atoms with Crippen LogP contribution >= 0.6 is 0 Å². The van der Waals surface area contributed by atoms with Crippen LogP contribution in [0.25, 0.3) is 11.5 Å². The van der Waals surface area contributed by atoms with E-state index in [1.54, 1.807) is 0 Å². The molecule has 4 aromatic rings. The van der Waals surface area contributed by atoms with E-state index in [-0.39, 0.29) is 18.1 Å². The van der Waals surface area contributed by atoms with Crippen molar-refractivity contribution < 1.29 is 4.79 Å². The summed E-state index contributed by atoms with van der Waals surface area (Å²) in [5.41, 5.74) is 6.51. The highest BCUT2D eigenvalue weighted by atomic mass is 16.2. The molecule has 37 heavy (non-hydrogen) atoms. The number of benzene rings is 2. The molecule has 6 heteroatoms. The van der Waals surface area contributed by atoms with E-state index in [2.05, 4.69) is 78.5 Å².